The molecule has 1 aromatic rings. The van der Waals surface area contributed by atoms with E-state index in [4.69, 9.17) is 0 Å². The molecule has 6 heteroatoms. The summed E-state index contributed by atoms with van der Waals surface area (Å²) in [6.07, 6.45) is 3.97. The van der Waals surface area contributed by atoms with Crippen LogP contribution in [0.15, 0.2) is 24.3 Å². The van der Waals surface area contributed by atoms with Gasteiger partial charge in [0.1, 0.15) is 0 Å². The molecule has 1 aromatic carbocycles. The Bertz CT molecular complexity index is 632. The molecule has 2 aliphatic heterocycles. The summed E-state index contributed by atoms with van der Waals surface area (Å²) in [4.78, 5) is 30.6. The molecule has 0 spiro atoms. The number of anilines is 1. The van der Waals surface area contributed by atoms with Gasteiger partial charge in [-0.1, -0.05) is 18.2 Å². The van der Waals surface area contributed by atoms with E-state index >= 15 is 0 Å². The highest BCUT2D eigenvalue weighted by molar-refractivity contribution is 5.93. The van der Waals surface area contributed by atoms with Gasteiger partial charge in [0.15, 0.2) is 0 Å². The van der Waals surface area contributed by atoms with Gasteiger partial charge < -0.3 is 15.1 Å². The molecule has 2 saturated heterocycles. The summed E-state index contributed by atoms with van der Waals surface area (Å²) in [7, 11) is 3.52. The maximum atomic E-state index is 12.7. The first-order valence-corrected chi connectivity index (χ1v) is 9.62. The summed E-state index contributed by atoms with van der Waals surface area (Å²) in [6.45, 7) is 4.46. The molecule has 0 aliphatic carbocycles. The van der Waals surface area contributed by atoms with Crippen LogP contribution in [0.1, 0.15) is 31.2 Å². The Hall–Kier alpha value is -2.08. The minimum Gasteiger partial charge on any atom is -0.331 e. The number of benzene rings is 1. The quantitative estimate of drug-likeness (QED) is 0.900. The number of hydrogen-bond acceptors (Lipinski definition) is 3. The van der Waals surface area contributed by atoms with E-state index in [1.54, 1.807) is 19.0 Å². The van der Waals surface area contributed by atoms with E-state index in [0.29, 0.717) is 13.1 Å². The number of nitrogens with one attached hydrogen (secondary N) is 1. The van der Waals surface area contributed by atoms with Gasteiger partial charge >= 0.3 is 6.03 Å². The fraction of sp³-hybridized carbons (Fsp3) is 0.600. The van der Waals surface area contributed by atoms with Crippen LogP contribution in [0.4, 0.5) is 10.5 Å². The summed E-state index contributed by atoms with van der Waals surface area (Å²) in [5.41, 5.74) is 2.11. The first kappa shape index (κ1) is 18.7. The maximum absolute atomic E-state index is 12.7. The molecule has 3 rings (SSSR count). The number of amides is 3. The summed E-state index contributed by atoms with van der Waals surface area (Å²) in [6, 6.07) is 8.13. The van der Waals surface area contributed by atoms with Crippen molar-refractivity contribution >= 4 is 17.6 Å². The number of hydrogen-bond donors (Lipinski definition) is 1. The molecule has 1 N–H and O–H groups in total. The number of carbonyl (C=O) groups is 2. The Morgan fingerprint density at radius 2 is 1.73 bits per heavy atom. The zero-order chi connectivity index (χ0) is 18.5. The Morgan fingerprint density at radius 1 is 1.08 bits per heavy atom. The second-order valence-corrected chi connectivity index (χ2v) is 7.57. The zero-order valence-electron chi connectivity index (χ0n) is 15.9. The van der Waals surface area contributed by atoms with Crippen molar-refractivity contribution in [1.82, 2.24) is 14.7 Å². The molecule has 0 bridgehead atoms. The number of piperidine rings is 1. The van der Waals surface area contributed by atoms with Crippen LogP contribution < -0.4 is 5.32 Å². The van der Waals surface area contributed by atoms with Gasteiger partial charge in [0.05, 0.1) is 0 Å². The highest BCUT2D eigenvalue weighted by Gasteiger charge is 2.28. The number of likely N-dealkylation sites (tertiary alicyclic amines) is 2. The van der Waals surface area contributed by atoms with Crippen molar-refractivity contribution in [3.05, 3.63) is 29.8 Å². The van der Waals surface area contributed by atoms with Crippen LogP contribution in [0.25, 0.3) is 0 Å². The van der Waals surface area contributed by atoms with Crippen molar-refractivity contribution in [1.29, 1.82) is 0 Å². The van der Waals surface area contributed by atoms with Gasteiger partial charge in [0.2, 0.25) is 5.91 Å². The predicted molar refractivity (Wildman–Crippen MR) is 103 cm³/mol. The number of para-hydroxylation sites is 1. The van der Waals surface area contributed by atoms with Crippen molar-refractivity contribution in [3.63, 3.8) is 0 Å². The number of carbonyl (C=O) groups excluding carboxylic acids is 2. The molecule has 0 unspecified atom stereocenters. The van der Waals surface area contributed by atoms with Gasteiger partial charge in [0.25, 0.3) is 0 Å². The lowest BCUT2D eigenvalue weighted by atomic mass is 9.95. The predicted octanol–water partition coefficient (Wildman–Crippen LogP) is 2.61. The number of nitrogens with zero attached hydrogens (tertiary/aromatic N) is 3. The maximum Gasteiger partial charge on any atom is 0.319 e. The standard InChI is InChI=1S/C20H30N4O2/c1-22(2)20(26)24-13-9-16(10-14-24)19(25)21-18-8-4-3-7-17(18)15-23-11-5-6-12-23/h3-4,7-8,16H,5-6,9-15H2,1-2H3,(H,21,25). The van der Waals surface area contributed by atoms with Crippen molar-refractivity contribution in [2.24, 2.45) is 5.92 Å². The minimum atomic E-state index is -0.0268. The number of urea groups is 1. The molecule has 2 fully saturated rings. The second-order valence-electron chi connectivity index (χ2n) is 7.57. The van der Waals surface area contributed by atoms with E-state index in [-0.39, 0.29) is 17.9 Å². The lowest BCUT2D eigenvalue weighted by Gasteiger charge is -2.33. The fourth-order valence-electron chi connectivity index (χ4n) is 3.81. The summed E-state index contributed by atoms with van der Waals surface area (Å²) in [5.74, 6) is 0.0527. The Labute approximate surface area is 156 Å². The topological polar surface area (TPSA) is 55.9 Å². The SMILES string of the molecule is CN(C)C(=O)N1CCC(C(=O)Nc2ccccc2CN2CCCC2)CC1. The highest BCUT2D eigenvalue weighted by atomic mass is 16.2. The molecule has 2 aliphatic rings. The Morgan fingerprint density at radius 3 is 2.38 bits per heavy atom. The average Bonchev–Trinajstić information content (AvgIpc) is 3.16. The van der Waals surface area contributed by atoms with Crippen LogP contribution in [0.2, 0.25) is 0 Å². The lowest BCUT2D eigenvalue weighted by molar-refractivity contribution is -0.121. The fourth-order valence-corrected chi connectivity index (χ4v) is 3.81. The van der Waals surface area contributed by atoms with E-state index in [1.807, 2.05) is 23.1 Å². The van der Waals surface area contributed by atoms with Gasteiger partial charge in [-0.05, 0) is 50.4 Å². The van der Waals surface area contributed by atoms with Crippen LogP contribution >= 0.6 is 0 Å². The minimum absolute atomic E-state index is 0.0268. The van der Waals surface area contributed by atoms with Crippen molar-refractivity contribution < 1.29 is 9.59 Å². The summed E-state index contributed by atoms with van der Waals surface area (Å²) >= 11 is 0. The lowest BCUT2D eigenvalue weighted by Crippen LogP contribution is -2.45. The normalized spacial score (nSPS) is 18.8. The third kappa shape index (κ3) is 4.55. The molecule has 3 amide bonds. The molecule has 0 atom stereocenters. The van der Waals surface area contributed by atoms with Crippen molar-refractivity contribution in [3.8, 4) is 0 Å². The van der Waals surface area contributed by atoms with E-state index < -0.39 is 0 Å². The third-order valence-electron chi connectivity index (χ3n) is 5.39. The van der Waals surface area contributed by atoms with Gasteiger partial charge in [0, 0.05) is 45.3 Å². The van der Waals surface area contributed by atoms with E-state index in [1.165, 1.54) is 18.4 Å². The van der Waals surface area contributed by atoms with E-state index in [2.05, 4.69) is 16.3 Å². The van der Waals surface area contributed by atoms with Gasteiger partial charge in [-0.3, -0.25) is 9.69 Å². The van der Waals surface area contributed by atoms with Crippen LogP contribution in [0.3, 0.4) is 0 Å². The first-order valence-electron chi connectivity index (χ1n) is 9.62. The van der Waals surface area contributed by atoms with Crippen LogP contribution in [-0.4, -0.2) is 66.9 Å². The molecule has 0 saturated carbocycles. The van der Waals surface area contributed by atoms with E-state index in [0.717, 1.165) is 38.2 Å². The summed E-state index contributed by atoms with van der Waals surface area (Å²) in [5, 5.41) is 3.14. The van der Waals surface area contributed by atoms with Crippen LogP contribution in [-0.2, 0) is 11.3 Å². The number of rotatable bonds is 4. The molecular weight excluding hydrogens is 328 g/mol. The Kier molecular flexibility index (Phi) is 6.14. The highest BCUT2D eigenvalue weighted by Crippen LogP contribution is 2.23. The van der Waals surface area contributed by atoms with E-state index in [9.17, 15) is 9.59 Å². The van der Waals surface area contributed by atoms with Crippen LogP contribution in [0, 0.1) is 5.92 Å². The monoisotopic (exact) mass is 358 g/mol. The molecule has 0 aromatic heterocycles. The Balaban J connectivity index is 1.56. The molecule has 6 nitrogen and oxygen atoms in total. The zero-order valence-corrected chi connectivity index (χ0v) is 15.9. The third-order valence-corrected chi connectivity index (χ3v) is 5.39. The molecule has 26 heavy (non-hydrogen) atoms. The molecule has 2 heterocycles. The average molecular weight is 358 g/mol. The van der Waals surface area contributed by atoms with Crippen molar-refractivity contribution in [2.75, 3.05) is 45.6 Å². The first-order chi connectivity index (χ1) is 12.5. The molecular formula is C20H30N4O2. The van der Waals surface area contributed by atoms with Gasteiger partial charge in [-0.15, -0.1) is 0 Å². The van der Waals surface area contributed by atoms with Gasteiger partial charge in [-0.25, -0.2) is 4.79 Å². The second kappa shape index (κ2) is 8.54. The van der Waals surface area contributed by atoms with Gasteiger partial charge in [-0.2, -0.15) is 0 Å². The largest absolute Gasteiger partial charge is 0.331 e. The molecule has 142 valence electrons. The summed E-state index contributed by atoms with van der Waals surface area (Å²) < 4.78 is 0. The smallest absolute Gasteiger partial charge is 0.319 e. The molecule has 0 radical (unpaired) electrons. The van der Waals surface area contributed by atoms with Crippen molar-refractivity contribution in [2.45, 2.75) is 32.2 Å². The van der Waals surface area contributed by atoms with Crippen LogP contribution in [0.5, 0.6) is 0 Å².